The Morgan fingerprint density at radius 1 is 1.10 bits per heavy atom. The smallest absolute Gasteiger partial charge is 0.468 e. The van der Waals surface area contributed by atoms with Crippen LogP contribution in [0.5, 0.6) is 5.75 Å². The van der Waals surface area contributed by atoms with Gasteiger partial charge in [-0.15, -0.1) is 13.2 Å². The molecule has 6 nitrogen and oxygen atoms in total. The fourth-order valence-electron chi connectivity index (χ4n) is 3.24. The van der Waals surface area contributed by atoms with E-state index in [0.717, 1.165) is 23.3 Å². The van der Waals surface area contributed by atoms with Gasteiger partial charge in [0, 0.05) is 12.2 Å². The number of hydrogen-bond donors (Lipinski definition) is 1. The summed E-state index contributed by atoms with van der Waals surface area (Å²) in [6, 6.07) is 11.9. The van der Waals surface area contributed by atoms with Crippen LogP contribution in [0.3, 0.4) is 0 Å². The van der Waals surface area contributed by atoms with E-state index in [1.54, 1.807) is 4.90 Å². The fraction of sp³-hybridized carbons (Fsp3) is 0.300. The van der Waals surface area contributed by atoms with Gasteiger partial charge in [-0.3, -0.25) is 14.5 Å². The summed E-state index contributed by atoms with van der Waals surface area (Å²) in [5.41, 5.74) is 2.37. The highest BCUT2D eigenvalue weighted by molar-refractivity contribution is 5.92. The molecule has 0 saturated carbocycles. The molecule has 3 rings (SSSR count). The van der Waals surface area contributed by atoms with Crippen molar-refractivity contribution in [3.05, 3.63) is 59.7 Å². The number of nitrogens with zero attached hydrogens (tertiary/aromatic N) is 1. The van der Waals surface area contributed by atoms with Gasteiger partial charge < -0.3 is 14.8 Å². The monoisotopic (exact) mass is 408 g/mol. The molecular weight excluding hydrogens is 389 g/mol. The molecule has 9 heteroatoms. The minimum Gasteiger partial charge on any atom is -0.468 e. The number of carbonyl (C=O) groups excluding carboxylic acids is 2. The summed E-state index contributed by atoms with van der Waals surface area (Å²) in [5.74, 6) is -1.21. The lowest BCUT2D eigenvalue weighted by atomic mass is 9.94. The van der Waals surface area contributed by atoms with E-state index in [-0.39, 0.29) is 12.3 Å². The third-order valence-corrected chi connectivity index (χ3v) is 4.54. The molecule has 0 fully saturated rings. The second-order valence-electron chi connectivity index (χ2n) is 6.54. The average molecular weight is 408 g/mol. The molecule has 0 aromatic heterocycles. The standard InChI is InChI=1S/C20H19F3N2O4/c1-28-19(27)17-10-13-4-2-3-5-14(13)11-25(17)12-18(26)24-15-6-8-16(9-7-15)29-20(21,22)23/h2-9,17H,10-12H2,1H3,(H,24,26). The summed E-state index contributed by atoms with van der Waals surface area (Å²) in [7, 11) is 1.30. The lowest BCUT2D eigenvalue weighted by Crippen LogP contribution is -2.49. The number of nitrogens with one attached hydrogen (secondary N) is 1. The molecule has 0 radical (unpaired) electrons. The van der Waals surface area contributed by atoms with Crippen molar-refractivity contribution < 1.29 is 32.2 Å². The Balaban J connectivity index is 1.66. The lowest BCUT2D eigenvalue weighted by molar-refractivity contribution is -0.274. The van der Waals surface area contributed by atoms with Crippen molar-refractivity contribution >= 4 is 17.6 Å². The Morgan fingerprint density at radius 2 is 1.76 bits per heavy atom. The molecule has 1 aliphatic rings. The topological polar surface area (TPSA) is 67.9 Å². The quantitative estimate of drug-likeness (QED) is 0.770. The van der Waals surface area contributed by atoms with Crippen molar-refractivity contribution in [3.8, 4) is 5.75 Å². The van der Waals surface area contributed by atoms with Crippen LogP contribution in [0.15, 0.2) is 48.5 Å². The van der Waals surface area contributed by atoms with Crippen LogP contribution in [0, 0.1) is 0 Å². The number of fused-ring (bicyclic) bond motifs is 1. The summed E-state index contributed by atoms with van der Waals surface area (Å²) in [5, 5.41) is 2.61. The number of amides is 1. The summed E-state index contributed by atoms with van der Waals surface area (Å²) in [4.78, 5) is 26.3. The molecule has 0 aliphatic carbocycles. The van der Waals surface area contributed by atoms with E-state index in [4.69, 9.17) is 4.74 Å². The molecule has 1 amide bonds. The van der Waals surface area contributed by atoms with Crippen LogP contribution in [-0.4, -0.2) is 42.8 Å². The van der Waals surface area contributed by atoms with Gasteiger partial charge in [0.1, 0.15) is 11.8 Å². The molecule has 154 valence electrons. The fourth-order valence-corrected chi connectivity index (χ4v) is 3.24. The normalized spacial score (nSPS) is 16.6. The summed E-state index contributed by atoms with van der Waals surface area (Å²) >= 11 is 0. The molecule has 2 aromatic rings. The SMILES string of the molecule is COC(=O)C1Cc2ccccc2CN1CC(=O)Nc1ccc(OC(F)(F)F)cc1. The van der Waals surface area contributed by atoms with Crippen LogP contribution >= 0.6 is 0 Å². The molecule has 1 N–H and O–H groups in total. The van der Waals surface area contributed by atoms with Crippen LogP contribution in [0.2, 0.25) is 0 Å². The molecular formula is C20H19F3N2O4. The maximum Gasteiger partial charge on any atom is 0.573 e. The van der Waals surface area contributed by atoms with Crippen molar-refractivity contribution in [3.63, 3.8) is 0 Å². The van der Waals surface area contributed by atoms with Gasteiger partial charge in [-0.2, -0.15) is 0 Å². The molecule has 29 heavy (non-hydrogen) atoms. The van der Waals surface area contributed by atoms with Gasteiger partial charge in [0.05, 0.1) is 13.7 Å². The van der Waals surface area contributed by atoms with E-state index in [9.17, 15) is 22.8 Å². The molecule has 1 heterocycles. The van der Waals surface area contributed by atoms with Crippen LogP contribution in [0.4, 0.5) is 18.9 Å². The number of hydrogen-bond acceptors (Lipinski definition) is 5. The number of esters is 1. The van der Waals surface area contributed by atoms with Crippen LogP contribution in [-0.2, 0) is 27.3 Å². The first-order valence-electron chi connectivity index (χ1n) is 8.79. The highest BCUT2D eigenvalue weighted by atomic mass is 19.4. The number of rotatable bonds is 5. The molecule has 0 spiro atoms. The van der Waals surface area contributed by atoms with Gasteiger partial charge in [0.15, 0.2) is 0 Å². The number of alkyl halides is 3. The van der Waals surface area contributed by atoms with Crippen molar-refractivity contribution in [2.45, 2.75) is 25.4 Å². The maximum atomic E-state index is 12.4. The zero-order chi connectivity index (χ0) is 21.0. The second-order valence-corrected chi connectivity index (χ2v) is 6.54. The van der Waals surface area contributed by atoms with Gasteiger partial charge in [-0.25, -0.2) is 0 Å². The molecule has 1 aliphatic heterocycles. The van der Waals surface area contributed by atoms with E-state index in [1.165, 1.54) is 19.2 Å². The summed E-state index contributed by atoms with van der Waals surface area (Å²) < 4.78 is 45.3. The molecule has 1 unspecified atom stereocenters. The third kappa shape index (κ3) is 5.47. The van der Waals surface area contributed by atoms with Gasteiger partial charge in [0.25, 0.3) is 0 Å². The van der Waals surface area contributed by atoms with E-state index in [2.05, 4.69) is 10.1 Å². The van der Waals surface area contributed by atoms with Crippen molar-refractivity contribution in [1.29, 1.82) is 0 Å². The van der Waals surface area contributed by atoms with Crippen LogP contribution in [0.25, 0.3) is 0 Å². The minimum atomic E-state index is -4.78. The number of ether oxygens (including phenoxy) is 2. The van der Waals surface area contributed by atoms with E-state index in [1.807, 2.05) is 24.3 Å². The van der Waals surface area contributed by atoms with Gasteiger partial charge in [-0.05, 0) is 41.8 Å². The largest absolute Gasteiger partial charge is 0.573 e. The van der Waals surface area contributed by atoms with E-state index in [0.29, 0.717) is 18.7 Å². The van der Waals surface area contributed by atoms with Crippen molar-refractivity contribution in [2.75, 3.05) is 19.0 Å². The zero-order valence-electron chi connectivity index (χ0n) is 15.5. The van der Waals surface area contributed by atoms with Gasteiger partial charge >= 0.3 is 12.3 Å². The van der Waals surface area contributed by atoms with Crippen LogP contribution in [0.1, 0.15) is 11.1 Å². The van der Waals surface area contributed by atoms with E-state index < -0.39 is 24.3 Å². The first-order chi connectivity index (χ1) is 13.7. The Bertz CT molecular complexity index is 884. The second kappa shape index (κ2) is 8.52. The number of methoxy groups -OCH3 is 1. The molecule has 2 aromatic carbocycles. The highest BCUT2D eigenvalue weighted by Crippen LogP contribution is 2.25. The van der Waals surface area contributed by atoms with Gasteiger partial charge in [0.2, 0.25) is 5.91 Å². The predicted molar refractivity (Wildman–Crippen MR) is 98.1 cm³/mol. The third-order valence-electron chi connectivity index (χ3n) is 4.54. The highest BCUT2D eigenvalue weighted by Gasteiger charge is 2.33. The predicted octanol–water partition coefficient (Wildman–Crippen LogP) is 3.12. The van der Waals surface area contributed by atoms with Crippen LogP contribution < -0.4 is 10.1 Å². The number of benzene rings is 2. The number of anilines is 1. The maximum absolute atomic E-state index is 12.4. The summed E-state index contributed by atoms with van der Waals surface area (Å²) in [6.07, 6.45) is -4.35. The van der Waals surface area contributed by atoms with E-state index >= 15 is 0 Å². The first kappa shape index (κ1) is 20.7. The number of halogens is 3. The van der Waals surface area contributed by atoms with Crippen molar-refractivity contribution in [2.24, 2.45) is 0 Å². The number of carbonyl (C=O) groups is 2. The Kier molecular flexibility index (Phi) is 6.07. The van der Waals surface area contributed by atoms with Crippen molar-refractivity contribution in [1.82, 2.24) is 4.90 Å². The zero-order valence-corrected chi connectivity index (χ0v) is 15.5. The lowest BCUT2D eigenvalue weighted by Gasteiger charge is -2.34. The Morgan fingerprint density at radius 3 is 2.38 bits per heavy atom. The molecule has 0 bridgehead atoms. The first-order valence-corrected chi connectivity index (χ1v) is 8.79. The molecule has 0 saturated heterocycles. The average Bonchev–Trinajstić information content (AvgIpc) is 2.67. The minimum absolute atomic E-state index is 0.0745. The Labute approximate surface area is 165 Å². The summed E-state index contributed by atoms with van der Waals surface area (Å²) in [6.45, 7) is 0.330. The Hall–Kier alpha value is -3.07. The van der Waals surface area contributed by atoms with Gasteiger partial charge in [-0.1, -0.05) is 24.3 Å². The molecule has 1 atom stereocenters.